The number of esters is 1. The van der Waals surface area contributed by atoms with Crippen LogP contribution in [0.1, 0.15) is 37.4 Å². The highest BCUT2D eigenvalue weighted by Gasteiger charge is 2.31. The topological polar surface area (TPSA) is 32.8 Å². The second-order valence-electron chi connectivity index (χ2n) is 8.31. The minimum absolute atomic E-state index is 0.126. The Labute approximate surface area is 181 Å². The van der Waals surface area contributed by atoms with Crippen LogP contribution in [0.5, 0.6) is 0 Å². The molecule has 3 rings (SSSR count). The maximum absolute atomic E-state index is 12.9. The molecule has 2 aromatic carbocycles. The molecular formula is C26H34N2O2. The summed E-state index contributed by atoms with van der Waals surface area (Å²) in [5.41, 5.74) is 2.24. The van der Waals surface area contributed by atoms with Gasteiger partial charge in [0, 0.05) is 32.7 Å². The first kappa shape index (κ1) is 22.3. The highest BCUT2D eigenvalue weighted by Crippen LogP contribution is 2.24. The lowest BCUT2D eigenvalue weighted by molar-refractivity contribution is -0.151. The van der Waals surface area contributed by atoms with Crippen LogP contribution in [0.25, 0.3) is 6.08 Å². The highest BCUT2D eigenvalue weighted by molar-refractivity contribution is 5.77. The Hall–Kier alpha value is -2.43. The third-order valence-electron chi connectivity index (χ3n) is 5.52. The summed E-state index contributed by atoms with van der Waals surface area (Å²) < 4.78 is 5.66. The van der Waals surface area contributed by atoms with Crippen LogP contribution in [0.2, 0.25) is 0 Å². The van der Waals surface area contributed by atoms with E-state index in [1.807, 2.05) is 36.4 Å². The molecule has 1 aliphatic rings. The third-order valence-corrected chi connectivity index (χ3v) is 5.52. The molecule has 1 unspecified atom stereocenters. The normalized spacial score (nSPS) is 16.8. The van der Waals surface area contributed by atoms with Crippen molar-refractivity contribution in [3.8, 4) is 0 Å². The van der Waals surface area contributed by atoms with Gasteiger partial charge in [-0.25, -0.2) is 4.79 Å². The van der Waals surface area contributed by atoms with Crippen LogP contribution < -0.4 is 0 Å². The second kappa shape index (κ2) is 11.7. The standard InChI is InChI=1S/C26H34N2O2/c1-22(2)15-21-30-26(29)25(24-13-7-4-8-14-24)28-19-17-27(18-20-28)16-9-12-23-10-5-3-6-11-23/h3-14,22,25H,15-21H2,1-2H3/b12-9+. The zero-order valence-corrected chi connectivity index (χ0v) is 18.2. The zero-order valence-electron chi connectivity index (χ0n) is 18.2. The van der Waals surface area contributed by atoms with Crippen molar-refractivity contribution in [3.05, 3.63) is 77.9 Å². The van der Waals surface area contributed by atoms with Crippen molar-refractivity contribution in [2.45, 2.75) is 26.3 Å². The summed E-state index contributed by atoms with van der Waals surface area (Å²) in [7, 11) is 0. The molecule has 0 radical (unpaired) electrons. The van der Waals surface area contributed by atoms with Crippen molar-refractivity contribution in [2.24, 2.45) is 5.92 Å². The van der Waals surface area contributed by atoms with E-state index >= 15 is 0 Å². The van der Waals surface area contributed by atoms with Crippen LogP contribution in [0, 0.1) is 5.92 Å². The van der Waals surface area contributed by atoms with E-state index in [1.165, 1.54) is 5.56 Å². The van der Waals surface area contributed by atoms with Crippen molar-refractivity contribution in [3.63, 3.8) is 0 Å². The Balaban J connectivity index is 1.56. The predicted molar refractivity (Wildman–Crippen MR) is 123 cm³/mol. The van der Waals surface area contributed by atoms with Crippen molar-refractivity contribution in [1.29, 1.82) is 0 Å². The summed E-state index contributed by atoms with van der Waals surface area (Å²) in [6.07, 6.45) is 5.29. The van der Waals surface area contributed by atoms with Crippen LogP contribution >= 0.6 is 0 Å². The number of nitrogens with zero attached hydrogens (tertiary/aromatic N) is 2. The number of benzene rings is 2. The van der Waals surface area contributed by atoms with E-state index in [4.69, 9.17) is 4.74 Å². The molecule has 0 spiro atoms. The molecule has 30 heavy (non-hydrogen) atoms. The number of hydrogen-bond donors (Lipinski definition) is 0. The first-order valence-corrected chi connectivity index (χ1v) is 11.0. The Kier molecular flexibility index (Phi) is 8.66. The van der Waals surface area contributed by atoms with E-state index in [2.05, 4.69) is 60.1 Å². The van der Waals surface area contributed by atoms with Gasteiger partial charge in [0.25, 0.3) is 0 Å². The lowest BCUT2D eigenvalue weighted by atomic mass is 10.0. The van der Waals surface area contributed by atoms with Gasteiger partial charge in [0.15, 0.2) is 0 Å². The average molecular weight is 407 g/mol. The van der Waals surface area contributed by atoms with Gasteiger partial charge in [-0.15, -0.1) is 0 Å². The Morgan fingerprint density at radius 3 is 2.23 bits per heavy atom. The number of rotatable bonds is 9. The maximum atomic E-state index is 12.9. The summed E-state index contributed by atoms with van der Waals surface area (Å²) in [4.78, 5) is 17.6. The number of carbonyl (C=O) groups is 1. The molecule has 1 fully saturated rings. The van der Waals surface area contributed by atoms with Gasteiger partial charge in [0.05, 0.1) is 6.61 Å². The minimum atomic E-state index is -0.319. The summed E-state index contributed by atoms with van der Waals surface area (Å²) in [5.74, 6) is 0.403. The fourth-order valence-electron chi connectivity index (χ4n) is 3.71. The van der Waals surface area contributed by atoms with Crippen LogP contribution in [-0.2, 0) is 9.53 Å². The molecule has 0 saturated carbocycles. The van der Waals surface area contributed by atoms with Crippen LogP contribution in [0.15, 0.2) is 66.7 Å². The fourth-order valence-corrected chi connectivity index (χ4v) is 3.71. The van der Waals surface area contributed by atoms with Crippen LogP contribution in [0.3, 0.4) is 0 Å². The average Bonchev–Trinajstić information content (AvgIpc) is 2.76. The summed E-state index contributed by atoms with van der Waals surface area (Å²) in [6.45, 7) is 9.32. The molecule has 1 aliphatic heterocycles. The van der Waals surface area contributed by atoms with E-state index in [0.29, 0.717) is 12.5 Å². The zero-order chi connectivity index (χ0) is 21.2. The molecule has 0 aliphatic carbocycles. The van der Waals surface area contributed by atoms with Gasteiger partial charge < -0.3 is 4.74 Å². The van der Waals surface area contributed by atoms with Gasteiger partial charge >= 0.3 is 5.97 Å². The molecule has 0 bridgehead atoms. The largest absolute Gasteiger partial charge is 0.464 e. The molecule has 2 aromatic rings. The smallest absolute Gasteiger partial charge is 0.328 e. The van der Waals surface area contributed by atoms with Gasteiger partial charge in [-0.05, 0) is 23.5 Å². The predicted octanol–water partition coefficient (Wildman–Crippen LogP) is 4.65. The van der Waals surface area contributed by atoms with E-state index in [9.17, 15) is 4.79 Å². The molecule has 0 aromatic heterocycles. The first-order valence-electron chi connectivity index (χ1n) is 11.0. The molecule has 4 heteroatoms. The molecule has 1 atom stereocenters. The molecule has 1 heterocycles. The van der Waals surface area contributed by atoms with Crippen LogP contribution in [-0.4, -0.2) is 55.1 Å². The molecular weight excluding hydrogens is 372 g/mol. The monoisotopic (exact) mass is 406 g/mol. The van der Waals surface area contributed by atoms with Crippen LogP contribution in [0.4, 0.5) is 0 Å². The highest BCUT2D eigenvalue weighted by atomic mass is 16.5. The van der Waals surface area contributed by atoms with Crippen molar-refractivity contribution < 1.29 is 9.53 Å². The first-order chi connectivity index (χ1) is 14.6. The number of piperazine rings is 1. The van der Waals surface area contributed by atoms with Gasteiger partial charge in [-0.2, -0.15) is 0 Å². The quantitative estimate of drug-likeness (QED) is 0.568. The Morgan fingerprint density at radius 2 is 1.60 bits per heavy atom. The van der Waals surface area contributed by atoms with Crippen molar-refractivity contribution >= 4 is 12.0 Å². The Bertz CT molecular complexity index is 781. The molecule has 0 N–H and O–H groups in total. The van der Waals surface area contributed by atoms with E-state index in [0.717, 1.165) is 44.7 Å². The van der Waals surface area contributed by atoms with Crippen molar-refractivity contribution in [1.82, 2.24) is 9.80 Å². The van der Waals surface area contributed by atoms with E-state index in [-0.39, 0.29) is 12.0 Å². The van der Waals surface area contributed by atoms with Crippen molar-refractivity contribution in [2.75, 3.05) is 39.3 Å². The molecule has 0 amide bonds. The molecule has 160 valence electrons. The fraction of sp³-hybridized carbons (Fsp3) is 0.423. The number of ether oxygens (including phenoxy) is 1. The Morgan fingerprint density at radius 1 is 0.967 bits per heavy atom. The number of carbonyl (C=O) groups excluding carboxylic acids is 1. The maximum Gasteiger partial charge on any atom is 0.328 e. The van der Waals surface area contributed by atoms with Gasteiger partial charge in [0.1, 0.15) is 6.04 Å². The minimum Gasteiger partial charge on any atom is -0.464 e. The summed E-state index contributed by atoms with van der Waals surface area (Å²) in [6, 6.07) is 20.1. The SMILES string of the molecule is CC(C)CCOC(=O)C(c1ccccc1)N1CCN(C/C=C/c2ccccc2)CC1. The van der Waals surface area contributed by atoms with Gasteiger partial charge in [0.2, 0.25) is 0 Å². The van der Waals surface area contributed by atoms with E-state index < -0.39 is 0 Å². The van der Waals surface area contributed by atoms with Gasteiger partial charge in [-0.1, -0.05) is 86.7 Å². The third kappa shape index (κ3) is 6.82. The second-order valence-corrected chi connectivity index (χ2v) is 8.31. The number of hydrogen-bond acceptors (Lipinski definition) is 4. The molecule has 1 saturated heterocycles. The molecule has 4 nitrogen and oxygen atoms in total. The lowest BCUT2D eigenvalue weighted by Gasteiger charge is -2.38. The van der Waals surface area contributed by atoms with E-state index in [1.54, 1.807) is 0 Å². The summed E-state index contributed by atoms with van der Waals surface area (Å²) in [5, 5.41) is 0. The summed E-state index contributed by atoms with van der Waals surface area (Å²) >= 11 is 0. The lowest BCUT2D eigenvalue weighted by Crippen LogP contribution is -2.49. The van der Waals surface area contributed by atoms with Gasteiger partial charge in [-0.3, -0.25) is 9.80 Å².